The van der Waals surface area contributed by atoms with Crippen LogP contribution in [0, 0.1) is 0 Å². The Morgan fingerprint density at radius 3 is 2.53 bits per heavy atom. The topological polar surface area (TPSA) is 85.4 Å². The largest absolute Gasteiger partial charge is 0.496 e. The number of carbonyl (C=O) groups excluding carboxylic acids is 3. The van der Waals surface area contributed by atoms with Gasteiger partial charge in [0.2, 0.25) is 0 Å². The van der Waals surface area contributed by atoms with E-state index in [0.717, 1.165) is 49.5 Å². The number of nitrogens with zero attached hydrogens (tertiary/aromatic N) is 2. The Morgan fingerprint density at radius 1 is 1.00 bits per heavy atom. The second kappa shape index (κ2) is 9.10. The molecule has 1 atom stereocenters. The molecule has 0 aliphatic carbocycles. The van der Waals surface area contributed by atoms with Gasteiger partial charge in [0.25, 0.3) is 0 Å². The molecule has 3 heterocycles. The lowest BCUT2D eigenvalue weighted by molar-refractivity contribution is -0.192. The first-order valence-corrected chi connectivity index (χ1v) is 11.7. The fraction of sp³-hybridized carbons (Fsp3) is 0.423. The lowest BCUT2D eigenvalue weighted by Crippen LogP contribution is -2.55. The van der Waals surface area contributed by atoms with Crippen LogP contribution >= 0.6 is 0 Å². The summed E-state index contributed by atoms with van der Waals surface area (Å²) in [6.45, 7) is 3.30. The fourth-order valence-electron chi connectivity index (χ4n) is 5.26. The van der Waals surface area contributed by atoms with Gasteiger partial charge in [-0.2, -0.15) is 0 Å². The van der Waals surface area contributed by atoms with Crippen LogP contribution in [0.2, 0.25) is 0 Å². The molecule has 1 spiro atoms. The Bertz CT molecular complexity index is 1100. The monoisotopic (exact) mass is 464 g/mol. The van der Waals surface area contributed by atoms with Gasteiger partial charge >= 0.3 is 23.6 Å². The van der Waals surface area contributed by atoms with Gasteiger partial charge in [-0.05, 0) is 49.1 Å². The summed E-state index contributed by atoms with van der Waals surface area (Å²) in [6.07, 6.45) is 2.59. The van der Waals surface area contributed by atoms with Crippen molar-refractivity contribution in [3.63, 3.8) is 0 Å². The van der Waals surface area contributed by atoms with Crippen molar-refractivity contribution >= 4 is 23.5 Å². The quantitative estimate of drug-likeness (QED) is 0.480. The molecule has 0 bridgehead atoms. The molecule has 178 valence electrons. The number of piperidine rings is 1. The molecule has 8 heteroatoms. The summed E-state index contributed by atoms with van der Waals surface area (Å²) in [6, 6.07) is 16.0. The van der Waals surface area contributed by atoms with Crippen molar-refractivity contribution in [2.45, 2.75) is 37.4 Å². The van der Waals surface area contributed by atoms with Gasteiger partial charge in [-0.1, -0.05) is 36.4 Å². The molecule has 3 fully saturated rings. The van der Waals surface area contributed by atoms with Crippen molar-refractivity contribution in [3.05, 3.63) is 59.7 Å². The van der Waals surface area contributed by atoms with Crippen LogP contribution in [-0.4, -0.2) is 61.8 Å². The molecule has 3 saturated heterocycles. The molecule has 0 N–H and O–H groups in total. The normalized spacial score (nSPS) is 22.2. The van der Waals surface area contributed by atoms with Gasteiger partial charge in [-0.3, -0.25) is 4.79 Å². The zero-order valence-electron chi connectivity index (χ0n) is 19.2. The molecule has 1 amide bonds. The second-order valence-electron chi connectivity index (χ2n) is 9.00. The lowest BCUT2D eigenvalue weighted by atomic mass is 9.97. The Labute approximate surface area is 198 Å². The van der Waals surface area contributed by atoms with Gasteiger partial charge in [0.05, 0.1) is 7.11 Å². The Kier molecular flexibility index (Phi) is 6.00. The van der Waals surface area contributed by atoms with Crippen molar-refractivity contribution in [1.29, 1.82) is 0 Å². The summed E-state index contributed by atoms with van der Waals surface area (Å²) in [5, 5.41) is 0. The molecule has 2 aromatic carbocycles. The number of esters is 2. The molecule has 8 nitrogen and oxygen atoms in total. The number of hydrogen-bond donors (Lipinski definition) is 0. The Hall–Kier alpha value is -3.39. The van der Waals surface area contributed by atoms with Gasteiger partial charge in [0.15, 0.2) is 0 Å². The van der Waals surface area contributed by atoms with E-state index in [-0.39, 0.29) is 6.42 Å². The van der Waals surface area contributed by atoms with Crippen LogP contribution in [0.5, 0.6) is 5.75 Å². The molecule has 0 aromatic heterocycles. The number of anilines is 1. The average molecular weight is 465 g/mol. The van der Waals surface area contributed by atoms with Gasteiger partial charge in [-0.15, -0.1) is 0 Å². The molecule has 5 rings (SSSR count). The number of likely N-dealkylation sites (tertiary alicyclic amines) is 1. The van der Waals surface area contributed by atoms with Crippen molar-refractivity contribution in [1.82, 2.24) is 4.90 Å². The smallest absolute Gasteiger partial charge is 0.421 e. The lowest BCUT2D eigenvalue weighted by Gasteiger charge is -2.36. The van der Waals surface area contributed by atoms with E-state index in [0.29, 0.717) is 18.9 Å². The number of carbonyl (C=O) groups is 3. The van der Waals surface area contributed by atoms with E-state index in [1.54, 1.807) is 12.0 Å². The highest BCUT2D eigenvalue weighted by molar-refractivity contribution is 6.32. The molecule has 2 aromatic rings. The van der Waals surface area contributed by atoms with Crippen LogP contribution in [0.3, 0.4) is 0 Å². The third kappa shape index (κ3) is 4.03. The number of ether oxygens (including phenoxy) is 3. The molecule has 34 heavy (non-hydrogen) atoms. The number of hydrogen-bond acceptors (Lipinski definition) is 7. The molecule has 3 aliphatic heterocycles. The summed E-state index contributed by atoms with van der Waals surface area (Å²) < 4.78 is 15.7. The number of methoxy groups -OCH3 is 1. The first-order chi connectivity index (χ1) is 16.5. The molecule has 3 aliphatic rings. The number of benzene rings is 2. The standard InChI is InChI=1S/C26H28N2O6/c1-32-22-10-5-3-8-20(22)19-12-16-27(17-19)15-11-18-7-2-4-9-21(18)28-14-6-13-26(25(28)31)33-23(29)24(30)34-26/h2-5,7-10,19H,6,11-17H2,1H3. The SMILES string of the molecule is COc1ccccc1C1CCN(CCc2ccccc2N2CCCC3(OC(=O)C(=O)O3)C2=O)C1. The Morgan fingerprint density at radius 2 is 1.74 bits per heavy atom. The maximum Gasteiger partial charge on any atom is 0.421 e. The molecular weight excluding hydrogens is 436 g/mol. The average Bonchev–Trinajstić information content (AvgIpc) is 3.44. The number of rotatable bonds is 6. The van der Waals surface area contributed by atoms with E-state index >= 15 is 0 Å². The van der Waals surface area contributed by atoms with E-state index in [1.165, 1.54) is 5.56 Å². The van der Waals surface area contributed by atoms with E-state index in [2.05, 4.69) is 17.0 Å². The minimum absolute atomic E-state index is 0.181. The van der Waals surface area contributed by atoms with Crippen LogP contribution in [-0.2, 0) is 30.3 Å². The van der Waals surface area contributed by atoms with Crippen molar-refractivity contribution in [2.75, 3.05) is 38.2 Å². The first-order valence-electron chi connectivity index (χ1n) is 11.7. The third-order valence-corrected chi connectivity index (χ3v) is 6.97. The minimum Gasteiger partial charge on any atom is -0.496 e. The highest BCUT2D eigenvalue weighted by Crippen LogP contribution is 2.37. The van der Waals surface area contributed by atoms with Gasteiger partial charge in [0.1, 0.15) is 5.75 Å². The van der Waals surface area contributed by atoms with Crippen molar-refractivity contribution < 1.29 is 28.6 Å². The van der Waals surface area contributed by atoms with Crippen LogP contribution in [0.1, 0.15) is 36.3 Å². The summed E-state index contributed by atoms with van der Waals surface area (Å²) in [7, 11) is 1.71. The zero-order valence-corrected chi connectivity index (χ0v) is 19.2. The fourth-order valence-corrected chi connectivity index (χ4v) is 5.26. The predicted octanol–water partition coefficient (Wildman–Crippen LogP) is 2.65. The first kappa shape index (κ1) is 22.4. The van der Waals surface area contributed by atoms with E-state index in [1.807, 2.05) is 36.4 Å². The van der Waals surface area contributed by atoms with E-state index in [4.69, 9.17) is 14.2 Å². The summed E-state index contributed by atoms with van der Waals surface area (Å²) in [4.78, 5) is 40.6. The van der Waals surface area contributed by atoms with Crippen LogP contribution < -0.4 is 9.64 Å². The maximum absolute atomic E-state index is 13.3. The molecular formula is C26H28N2O6. The summed E-state index contributed by atoms with van der Waals surface area (Å²) in [5.41, 5.74) is 3.05. The molecule has 1 unspecified atom stereocenters. The van der Waals surface area contributed by atoms with Gasteiger partial charge in [0, 0.05) is 37.7 Å². The summed E-state index contributed by atoms with van der Waals surface area (Å²) in [5.74, 6) is -3.17. The summed E-state index contributed by atoms with van der Waals surface area (Å²) >= 11 is 0. The number of para-hydroxylation sites is 2. The predicted molar refractivity (Wildman–Crippen MR) is 123 cm³/mol. The minimum atomic E-state index is -1.82. The van der Waals surface area contributed by atoms with Gasteiger partial charge < -0.3 is 24.0 Å². The molecule has 0 radical (unpaired) electrons. The highest BCUT2D eigenvalue weighted by atomic mass is 16.8. The second-order valence-corrected chi connectivity index (χ2v) is 9.00. The van der Waals surface area contributed by atoms with Crippen LogP contribution in [0.25, 0.3) is 0 Å². The van der Waals surface area contributed by atoms with Crippen molar-refractivity contribution in [3.8, 4) is 5.75 Å². The highest BCUT2D eigenvalue weighted by Gasteiger charge is 2.58. The zero-order chi connectivity index (χ0) is 23.7. The van der Waals surface area contributed by atoms with Gasteiger partial charge in [-0.25, -0.2) is 9.59 Å². The van der Waals surface area contributed by atoms with Crippen LogP contribution in [0.15, 0.2) is 48.5 Å². The van der Waals surface area contributed by atoms with Crippen molar-refractivity contribution in [2.24, 2.45) is 0 Å². The maximum atomic E-state index is 13.3. The van der Waals surface area contributed by atoms with Crippen LogP contribution in [0.4, 0.5) is 5.69 Å². The Balaban J connectivity index is 1.28. The molecule has 0 saturated carbocycles. The number of amides is 1. The third-order valence-electron chi connectivity index (χ3n) is 6.97. The van der Waals surface area contributed by atoms with E-state index < -0.39 is 23.6 Å². The van der Waals surface area contributed by atoms with E-state index in [9.17, 15) is 14.4 Å².